The Labute approximate surface area is 90.5 Å². The lowest BCUT2D eigenvalue weighted by atomic mass is 10.2. The average molecular weight is 282 g/mol. The Bertz CT molecular complexity index is 433. The van der Waals surface area contributed by atoms with E-state index in [-0.39, 0.29) is 10.5 Å². The van der Waals surface area contributed by atoms with E-state index in [2.05, 4.69) is 20.7 Å². The summed E-state index contributed by atoms with van der Waals surface area (Å²) in [4.78, 5) is 0. The predicted octanol–water partition coefficient (Wildman–Crippen LogP) is 2.23. The molecule has 6 heteroatoms. The molecule has 78 valence electrons. The lowest BCUT2D eigenvalue weighted by Crippen LogP contribution is -2.13. The van der Waals surface area contributed by atoms with E-state index in [0.29, 0.717) is 11.3 Å². The second-order valence-corrected chi connectivity index (χ2v) is 5.81. The third-order valence-electron chi connectivity index (χ3n) is 1.60. The molecule has 0 bridgehead atoms. The zero-order chi connectivity index (χ0) is 10.8. The molecule has 0 aliphatic rings. The second-order valence-electron chi connectivity index (χ2n) is 2.79. The van der Waals surface area contributed by atoms with Crippen LogP contribution < -0.4 is 4.72 Å². The van der Waals surface area contributed by atoms with Crippen molar-refractivity contribution in [2.75, 3.05) is 9.38 Å². The standard InChI is InChI=1S/C8H9BrFNO2S/c1-6-4-7(10)2-3-8(6)11-14(12,13)5-9/h2-4,11H,5H2,1H3. The maximum Gasteiger partial charge on any atom is 0.242 e. The number of hydrogen-bond donors (Lipinski definition) is 1. The van der Waals surface area contributed by atoms with Gasteiger partial charge in [-0.05, 0) is 30.7 Å². The second kappa shape index (κ2) is 4.27. The van der Waals surface area contributed by atoms with Gasteiger partial charge in [0.25, 0.3) is 0 Å². The van der Waals surface area contributed by atoms with E-state index in [1.807, 2.05) is 0 Å². The van der Waals surface area contributed by atoms with Crippen molar-refractivity contribution in [1.82, 2.24) is 0 Å². The van der Waals surface area contributed by atoms with E-state index in [4.69, 9.17) is 0 Å². The Morgan fingerprint density at radius 2 is 2.14 bits per heavy atom. The van der Waals surface area contributed by atoms with Crippen molar-refractivity contribution in [3.05, 3.63) is 29.6 Å². The summed E-state index contributed by atoms with van der Waals surface area (Å²) in [7, 11) is -3.36. The lowest BCUT2D eigenvalue weighted by Gasteiger charge is -2.07. The molecule has 14 heavy (non-hydrogen) atoms. The van der Waals surface area contributed by atoms with Crippen LogP contribution in [0.2, 0.25) is 0 Å². The fourth-order valence-corrected chi connectivity index (χ4v) is 1.90. The van der Waals surface area contributed by atoms with Crippen molar-refractivity contribution >= 4 is 31.6 Å². The maximum absolute atomic E-state index is 12.7. The summed E-state index contributed by atoms with van der Waals surface area (Å²) in [5, 5.41) is 0. The van der Waals surface area contributed by atoms with Crippen LogP contribution in [0.4, 0.5) is 10.1 Å². The van der Waals surface area contributed by atoms with Crippen molar-refractivity contribution < 1.29 is 12.8 Å². The minimum absolute atomic E-state index is 0.184. The number of halogens is 2. The first kappa shape index (κ1) is 11.5. The van der Waals surface area contributed by atoms with Gasteiger partial charge in [-0.2, -0.15) is 0 Å². The molecule has 0 atom stereocenters. The predicted molar refractivity (Wildman–Crippen MR) is 57.5 cm³/mol. The molecule has 1 N–H and O–H groups in total. The average Bonchev–Trinajstić information content (AvgIpc) is 2.10. The molecule has 1 aromatic carbocycles. The molecular formula is C8H9BrFNO2S. The van der Waals surface area contributed by atoms with Crippen LogP contribution in [0.15, 0.2) is 18.2 Å². The molecule has 0 saturated heterocycles. The van der Waals surface area contributed by atoms with E-state index >= 15 is 0 Å². The Morgan fingerprint density at radius 1 is 1.50 bits per heavy atom. The van der Waals surface area contributed by atoms with Crippen LogP contribution in [0.25, 0.3) is 0 Å². The first-order valence-electron chi connectivity index (χ1n) is 3.77. The molecule has 0 heterocycles. The van der Waals surface area contributed by atoms with Crippen LogP contribution >= 0.6 is 15.9 Å². The molecule has 0 radical (unpaired) electrons. The van der Waals surface area contributed by atoms with Crippen molar-refractivity contribution in [2.45, 2.75) is 6.92 Å². The summed E-state index contributed by atoms with van der Waals surface area (Å²) in [6.45, 7) is 1.63. The highest BCUT2D eigenvalue weighted by molar-refractivity contribution is 9.10. The van der Waals surface area contributed by atoms with Crippen LogP contribution in [0.5, 0.6) is 0 Å². The van der Waals surface area contributed by atoms with Gasteiger partial charge >= 0.3 is 0 Å². The van der Waals surface area contributed by atoms with Crippen LogP contribution in [0.1, 0.15) is 5.56 Å². The Balaban J connectivity index is 2.99. The number of sulfonamides is 1. The Morgan fingerprint density at radius 3 is 2.64 bits per heavy atom. The zero-order valence-electron chi connectivity index (χ0n) is 7.42. The quantitative estimate of drug-likeness (QED) is 0.864. The summed E-state index contributed by atoms with van der Waals surface area (Å²) in [6, 6.07) is 3.87. The molecule has 1 aromatic rings. The van der Waals surface area contributed by atoms with E-state index in [1.54, 1.807) is 6.92 Å². The molecule has 0 fully saturated rings. The normalized spacial score (nSPS) is 11.4. The minimum atomic E-state index is -3.36. The highest BCUT2D eigenvalue weighted by Crippen LogP contribution is 2.17. The first-order chi connectivity index (χ1) is 6.44. The number of aryl methyl sites for hydroxylation is 1. The fourth-order valence-electron chi connectivity index (χ4n) is 0.936. The minimum Gasteiger partial charge on any atom is -0.283 e. The number of hydrogen-bond acceptors (Lipinski definition) is 2. The largest absolute Gasteiger partial charge is 0.283 e. The van der Waals surface area contributed by atoms with Crippen molar-refractivity contribution in [3.8, 4) is 0 Å². The summed E-state index contributed by atoms with van der Waals surface area (Å²) in [6.07, 6.45) is 0. The maximum atomic E-state index is 12.7. The summed E-state index contributed by atoms with van der Waals surface area (Å²) in [5.74, 6) is -0.385. The van der Waals surface area contributed by atoms with E-state index in [9.17, 15) is 12.8 Å². The van der Waals surface area contributed by atoms with Crippen molar-refractivity contribution in [1.29, 1.82) is 0 Å². The van der Waals surface area contributed by atoms with E-state index in [1.165, 1.54) is 18.2 Å². The topological polar surface area (TPSA) is 46.2 Å². The van der Waals surface area contributed by atoms with Gasteiger partial charge < -0.3 is 0 Å². The molecule has 0 amide bonds. The highest BCUT2D eigenvalue weighted by Gasteiger charge is 2.09. The van der Waals surface area contributed by atoms with E-state index in [0.717, 1.165) is 0 Å². The van der Waals surface area contributed by atoms with Crippen LogP contribution in [0, 0.1) is 12.7 Å². The van der Waals surface area contributed by atoms with Crippen LogP contribution in [-0.2, 0) is 10.0 Å². The number of alkyl halides is 1. The number of anilines is 1. The lowest BCUT2D eigenvalue weighted by molar-refractivity contribution is 0.605. The number of nitrogens with one attached hydrogen (secondary N) is 1. The van der Waals surface area contributed by atoms with Gasteiger partial charge in [0.05, 0.1) is 5.69 Å². The molecule has 0 aromatic heterocycles. The van der Waals surface area contributed by atoms with Gasteiger partial charge in [0.2, 0.25) is 10.0 Å². The van der Waals surface area contributed by atoms with Crippen molar-refractivity contribution in [2.24, 2.45) is 0 Å². The number of rotatable bonds is 3. The van der Waals surface area contributed by atoms with Gasteiger partial charge in [-0.25, -0.2) is 12.8 Å². The fraction of sp³-hybridized carbons (Fsp3) is 0.250. The molecule has 0 spiro atoms. The molecule has 3 nitrogen and oxygen atoms in total. The summed E-state index contributed by atoms with van der Waals surface area (Å²) in [5.41, 5.74) is 0.945. The monoisotopic (exact) mass is 281 g/mol. The van der Waals surface area contributed by atoms with Gasteiger partial charge in [0.15, 0.2) is 0 Å². The van der Waals surface area contributed by atoms with Crippen LogP contribution in [-0.4, -0.2) is 13.1 Å². The molecule has 0 aliphatic carbocycles. The summed E-state index contributed by atoms with van der Waals surface area (Å²) < 4.78 is 37.1. The highest BCUT2D eigenvalue weighted by atomic mass is 79.9. The SMILES string of the molecule is Cc1cc(F)ccc1NS(=O)(=O)CBr. The molecule has 0 unspecified atom stereocenters. The van der Waals surface area contributed by atoms with Gasteiger partial charge in [-0.1, -0.05) is 15.9 Å². The van der Waals surface area contributed by atoms with E-state index < -0.39 is 10.0 Å². The third kappa shape index (κ3) is 2.95. The van der Waals surface area contributed by atoms with Crippen molar-refractivity contribution in [3.63, 3.8) is 0 Å². The van der Waals surface area contributed by atoms with Gasteiger partial charge in [0, 0.05) is 0 Å². The molecular weight excluding hydrogens is 273 g/mol. The third-order valence-corrected chi connectivity index (χ3v) is 4.22. The van der Waals surface area contributed by atoms with Gasteiger partial charge in [-0.15, -0.1) is 0 Å². The first-order valence-corrected chi connectivity index (χ1v) is 6.54. The van der Waals surface area contributed by atoms with Crippen LogP contribution in [0.3, 0.4) is 0 Å². The van der Waals surface area contributed by atoms with Gasteiger partial charge in [0.1, 0.15) is 10.5 Å². The smallest absolute Gasteiger partial charge is 0.242 e. The molecule has 0 saturated carbocycles. The van der Waals surface area contributed by atoms with Gasteiger partial charge in [-0.3, -0.25) is 4.72 Å². The Hall–Kier alpha value is -0.620. The summed E-state index contributed by atoms with van der Waals surface area (Å²) >= 11 is 2.84. The Kier molecular flexibility index (Phi) is 3.49. The molecule has 0 aliphatic heterocycles. The number of benzene rings is 1. The zero-order valence-corrected chi connectivity index (χ0v) is 9.82. The molecule has 1 rings (SSSR count).